The zero-order chi connectivity index (χ0) is 21.1. The second kappa shape index (κ2) is 8.36. The summed E-state index contributed by atoms with van der Waals surface area (Å²) < 4.78 is 53.7. The van der Waals surface area contributed by atoms with Crippen LogP contribution in [0.4, 0.5) is 5.69 Å². The molecule has 29 heavy (non-hydrogen) atoms. The molecule has 0 heterocycles. The van der Waals surface area contributed by atoms with E-state index in [2.05, 4.69) is 0 Å². The van der Waals surface area contributed by atoms with Crippen LogP contribution in [0.3, 0.4) is 0 Å². The van der Waals surface area contributed by atoms with Crippen molar-refractivity contribution >= 4 is 43.1 Å². The minimum Gasteiger partial charge on any atom is -0.293 e. The van der Waals surface area contributed by atoms with Crippen molar-refractivity contribution in [1.82, 2.24) is 0 Å². The number of carbonyl (C=O) groups is 1. The molecule has 0 atom stereocenters. The van der Waals surface area contributed by atoms with Crippen molar-refractivity contribution in [3.63, 3.8) is 0 Å². The van der Waals surface area contributed by atoms with Crippen LogP contribution < -0.4 is 3.71 Å². The standard InChI is InChI=1S/C20H16ClNO5S2/c21-15-20(23)16-8-7-9-17(14-16)22(28(24,25)18-10-3-1-4-11-18)29(26,27)19-12-5-2-6-13-19/h1-14H,15H2. The second-order valence-electron chi connectivity index (χ2n) is 5.94. The number of hydrogen-bond donors (Lipinski definition) is 0. The minimum atomic E-state index is -4.51. The smallest absolute Gasteiger partial charge is 0.277 e. The van der Waals surface area contributed by atoms with Crippen LogP contribution in [0, 0.1) is 0 Å². The molecular formula is C20H16ClNO5S2. The van der Waals surface area contributed by atoms with E-state index in [-0.39, 0.29) is 26.9 Å². The zero-order valence-corrected chi connectivity index (χ0v) is 17.4. The van der Waals surface area contributed by atoms with Crippen molar-refractivity contribution in [2.24, 2.45) is 0 Å². The number of Topliss-reactive ketones (excluding diaryl/α,β-unsaturated/α-hetero) is 1. The topological polar surface area (TPSA) is 88.6 Å². The highest BCUT2D eigenvalue weighted by Gasteiger charge is 2.37. The molecule has 0 aliphatic carbocycles. The number of rotatable bonds is 7. The Morgan fingerprint density at radius 2 is 1.21 bits per heavy atom. The number of sulfonamides is 2. The van der Waals surface area contributed by atoms with E-state index >= 15 is 0 Å². The van der Waals surface area contributed by atoms with Crippen LogP contribution in [0.1, 0.15) is 10.4 Å². The number of benzene rings is 3. The molecule has 3 aromatic rings. The molecule has 3 rings (SSSR count). The Balaban J connectivity index is 2.28. The van der Waals surface area contributed by atoms with Crippen LogP contribution in [0.5, 0.6) is 0 Å². The summed E-state index contributed by atoms with van der Waals surface area (Å²) in [5.41, 5.74) is -0.0808. The van der Waals surface area contributed by atoms with E-state index < -0.39 is 25.8 Å². The molecule has 150 valence electrons. The van der Waals surface area contributed by atoms with E-state index in [4.69, 9.17) is 11.6 Å². The molecular weight excluding hydrogens is 434 g/mol. The SMILES string of the molecule is O=C(CCl)c1cccc(N(S(=O)(=O)c2ccccc2)S(=O)(=O)c2ccccc2)c1. The van der Waals surface area contributed by atoms with Gasteiger partial charge in [-0.25, -0.2) is 16.8 Å². The summed E-state index contributed by atoms with van der Waals surface area (Å²) in [7, 11) is -9.02. The maximum Gasteiger partial charge on any atom is 0.277 e. The van der Waals surface area contributed by atoms with Crippen LogP contribution >= 0.6 is 11.6 Å². The molecule has 0 saturated carbocycles. The van der Waals surface area contributed by atoms with Gasteiger partial charge in [0.1, 0.15) is 0 Å². The Kier molecular flexibility index (Phi) is 6.07. The summed E-state index contributed by atoms with van der Waals surface area (Å²) in [4.78, 5) is 11.6. The predicted octanol–water partition coefficient (Wildman–Crippen LogP) is 3.69. The molecule has 0 fully saturated rings. The molecule has 9 heteroatoms. The second-order valence-corrected chi connectivity index (χ2v) is 10.0. The van der Waals surface area contributed by atoms with E-state index in [0.717, 1.165) is 0 Å². The fraction of sp³-hybridized carbons (Fsp3) is 0.0500. The first-order chi connectivity index (χ1) is 13.8. The molecule has 0 aromatic heterocycles. The lowest BCUT2D eigenvalue weighted by atomic mass is 10.1. The number of carbonyl (C=O) groups excluding carboxylic acids is 1. The largest absolute Gasteiger partial charge is 0.293 e. The third-order valence-corrected chi connectivity index (χ3v) is 8.47. The van der Waals surface area contributed by atoms with Gasteiger partial charge in [-0.2, -0.15) is 3.71 Å². The first-order valence-corrected chi connectivity index (χ1v) is 11.8. The van der Waals surface area contributed by atoms with Gasteiger partial charge in [0.25, 0.3) is 20.0 Å². The third-order valence-electron chi connectivity index (χ3n) is 4.02. The Bertz CT molecular complexity index is 1160. The van der Waals surface area contributed by atoms with E-state index in [0.29, 0.717) is 3.71 Å². The van der Waals surface area contributed by atoms with Gasteiger partial charge in [-0.3, -0.25) is 4.79 Å². The zero-order valence-electron chi connectivity index (χ0n) is 15.0. The fourth-order valence-electron chi connectivity index (χ4n) is 2.65. The Labute approximate surface area is 174 Å². The molecule has 0 spiro atoms. The lowest BCUT2D eigenvalue weighted by Gasteiger charge is -2.24. The lowest BCUT2D eigenvalue weighted by Crippen LogP contribution is -2.37. The first-order valence-electron chi connectivity index (χ1n) is 8.38. The molecule has 3 aromatic carbocycles. The van der Waals surface area contributed by atoms with Gasteiger partial charge in [0.05, 0.1) is 21.4 Å². The van der Waals surface area contributed by atoms with Gasteiger partial charge in [-0.15, -0.1) is 11.6 Å². The Morgan fingerprint density at radius 1 is 0.724 bits per heavy atom. The van der Waals surface area contributed by atoms with E-state index in [1.54, 1.807) is 12.1 Å². The molecule has 0 aliphatic rings. The van der Waals surface area contributed by atoms with Crippen molar-refractivity contribution in [3.05, 3.63) is 90.5 Å². The Morgan fingerprint density at radius 3 is 1.66 bits per heavy atom. The molecule has 0 aliphatic heterocycles. The van der Waals surface area contributed by atoms with Gasteiger partial charge >= 0.3 is 0 Å². The fourth-order valence-corrected chi connectivity index (χ4v) is 6.52. The molecule has 0 unspecified atom stereocenters. The van der Waals surface area contributed by atoms with Crippen molar-refractivity contribution in [1.29, 1.82) is 0 Å². The molecule has 0 bridgehead atoms. The highest BCUT2D eigenvalue weighted by atomic mass is 35.5. The van der Waals surface area contributed by atoms with Gasteiger partial charge < -0.3 is 0 Å². The number of hydrogen-bond acceptors (Lipinski definition) is 5. The quantitative estimate of drug-likeness (QED) is 0.405. The molecule has 0 saturated heterocycles. The van der Waals surface area contributed by atoms with Crippen molar-refractivity contribution in [3.8, 4) is 0 Å². The molecule has 6 nitrogen and oxygen atoms in total. The number of ketones is 1. The monoisotopic (exact) mass is 449 g/mol. The average molecular weight is 450 g/mol. The maximum atomic E-state index is 13.3. The van der Waals surface area contributed by atoms with Crippen LogP contribution in [0.2, 0.25) is 0 Å². The van der Waals surface area contributed by atoms with E-state index in [1.165, 1.54) is 72.8 Å². The van der Waals surface area contributed by atoms with E-state index in [9.17, 15) is 21.6 Å². The van der Waals surface area contributed by atoms with Crippen molar-refractivity contribution in [2.75, 3.05) is 9.59 Å². The molecule has 0 radical (unpaired) electrons. The number of nitrogens with zero attached hydrogens (tertiary/aromatic N) is 1. The van der Waals surface area contributed by atoms with Gasteiger partial charge in [-0.1, -0.05) is 48.5 Å². The van der Waals surface area contributed by atoms with Crippen molar-refractivity contribution in [2.45, 2.75) is 9.79 Å². The molecule has 0 N–H and O–H groups in total. The summed E-state index contributed by atoms with van der Waals surface area (Å²) in [5.74, 6) is -0.775. The summed E-state index contributed by atoms with van der Waals surface area (Å²) in [6.07, 6.45) is 0. The van der Waals surface area contributed by atoms with Crippen LogP contribution in [0.15, 0.2) is 94.7 Å². The van der Waals surface area contributed by atoms with Gasteiger partial charge in [0, 0.05) is 5.56 Å². The van der Waals surface area contributed by atoms with Gasteiger partial charge in [0.2, 0.25) is 0 Å². The van der Waals surface area contributed by atoms with Crippen LogP contribution in [0.25, 0.3) is 0 Å². The third kappa shape index (κ3) is 4.19. The van der Waals surface area contributed by atoms with Crippen LogP contribution in [-0.4, -0.2) is 28.5 Å². The maximum absolute atomic E-state index is 13.3. The van der Waals surface area contributed by atoms with E-state index in [1.807, 2.05) is 0 Å². The summed E-state index contributed by atoms with van der Waals surface area (Å²) in [5, 5.41) is 0. The average Bonchev–Trinajstić information content (AvgIpc) is 2.74. The number of alkyl halides is 1. The summed E-state index contributed by atoms with van der Waals surface area (Å²) in [6, 6.07) is 19.8. The minimum absolute atomic E-state index is 0.106. The van der Waals surface area contributed by atoms with Gasteiger partial charge in [0.15, 0.2) is 5.78 Å². The van der Waals surface area contributed by atoms with Crippen LogP contribution in [-0.2, 0) is 20.0 Å². The Hall–Kier alpha value is -2.68. The number of halogens is 1. The number of anilines is 1. The highest BCUT2D eigenvalue weighted by Crippen LogP contribution is 2.31. The normalized spacial score (nSPS) is 11.8. The summed E-state index contributed by atoms with van der Waals surface area (Å²) >= 11 is 5.59. The first kappa shape index (κ1) is 21.0. The van der Waals surface area contributed by atoms with Gasteiger partial charge in [-0.05, 0) is 36.4 Å². The highest BCUT2D eigenvalue weighted by molar-refractivity contribution is 8.10. The lowest BCUT2D eigenvalue weighted by molar-refractivity contribution is 0.102. The van der Waals surface area contributed by atoms with Crippen molar-refractivity contribution < 1.29 is 21.6 Å². The molecule has 0 amide bonds. The summed E-state index contributed by atoms with van der Waals surface area (Å²) in [6.45, 7) is 0. The predicted molar refractivity (Wildman–Crippen MR) is 111 cm³/mol.